The first-order chi connectivity index (χ1) is 16.6. The lowest BCUT2D eigenvalue weighted by Crippen LogP contribution is -2.39. The maximum atomic E-state index is 13.4. The summed E-state index contributed by atoms with van der Waals surface area (Å²) in [5, 5.41) is 0. The average Bonchev–Trinajstić information content (AvgIpc) is 3.63. The number of carbonyl (C=O) groups is 1. The minimum atomic E-state index is -0.607. The standard InChI is InChI=1S/C27H36N4O3/c1-30(18-23-15-24(29-28-23)20-9-10-20)16-19-8-11-25-22(14-19)17-31(12-13-34-25)27(32)26(33-2)21-6-4-3-5-7-21/h3-8,11,14,20,23-24,26,28-29H,9-10,12-13,15-18H2,1-2H3. The molecule has 2 aromatic carbocycles. The van der Waals surface area contributed by atoms with Gasteiger partial charge in [-0.15, -0.1) is 0 Å². The topological polar surface area (TPSA) is 66.1 Å². The van der Waals surface area contributed by atoms with Gasteiger partial charge in [-0.1, -0.05) is 36.4 Å². The molecular weight excluding hydrogens is 428 g/mol. The first-order valence-electron chi connectivity index (χ1n) is 12.4. The highest BCUT2D eigenvalue weighted by atomic mass is 16.5. The second kappa shape index (κ2) is 10.4. The Hall–Kier alpha value is -2.45. The van der Waals surface area contributed by atoms with Crippen molar-refractivity contribution in [3.63, 3.8) is 0 Å². The molecule has 2 fully saturated rings. The van der Waals surface area contributed by atoms with Crippen LogP contribution >= 0.6 is 0 Å². The van der Waals surface area contributed by atoms with Crippen molar-refractivity contribution < 1.29 is 14.3 Å². The van der Waals surface area contributed by atoms with Gasteiger partial charge in [0, 0.05) is 44.4 Å². The Kier molecular flexibility index (Phi) is 7.15. The van der Waals surface area contributed by atoms with Crippen LogP contribution in [0.1, 0.15) is 42.1 Å². The highest BCUT2D eigenvalue weighted by Crippen LogP contribution is 2.35. The number of hydrogen-bond acceptors (Lipinski definition) is 6. The van der Waals surface area contributed by atoms with Crippen molar-refractivity contribution >= 4 is 5.91 Å². The number of fused-ring (bicyclic) bond motifs is 1. The fraction of sp³-hybridized carbons (Fsp3) is 0.519. The van der Waals surface area contributed by atoms with Gasteiger partial charge in [0.15, 0.2) is 6.10 Å². The zero-order valence-electron chi connectivity index (χ0n) is 20.2. The average molecular weight is 465 g/mol. The molecule has 7 nitrogen and oxygen atoms in total. The third kappa shape index (κ3) is 5.44. The minimum absolute atomic E-state index is 0.0299. The lowest BCUT2D eigenvalue weighted by Gasteiger charge is -2.25. The molecule has 7 heteroatoms. The van der Waals surface area contributed by atoms with E-state index >= 15 is 0 Å². The highest BCUT2D eigenvalue weighted by molar-refractivity contribution is 5.82. The number of benzene rings is 2. The van der Waals surface area contributed by atoms with E-state index in [4.69, 9.17) is 9.47 Å². The molecule has 3 atom stereocenters. The molecule has 1 saturated heterocycles. The predicted molar refractivity (Wildman–Crippen MR) is 131 cm³/mol. The third-order valence-electron chi connectivity index (χ3n) is 7.17. The Morgan fingerprint density at radius 1 is 1.21 bits per heavy atom. The number of likely N-dealkylation sites (N-methyl/N-ethyl adjacent to an activating group) is 1. The first kappa shape index (κ1) is 23.3. The second-order valence-electron chi connectivity index (χ2n) is 9.94. The molecular formula is C27H36N4O3. The molecule has 3 unspecified atom stereocenters. The number of rotatable bonds is 8. The van der Waals surface area contributed by atoms with Crippen LogP contribution in [0.4, 0.5) is 0 Å². The van der Waals surface area contributed by atoms with E-state index in [0.717, 1.165) is 35.9 Å². The van der Waals surface area contributed by atoms with Crippen LogP contribution in [0.2, 0.25) is 0 Å². The van der Waals surface area contributed by atoms with Gasteiger partial charge in [0.25, 0.3) is 5.91 Å². The van der Waals surface area contributed by atoms with Crippen LogP contribution < -0.4 is 15.6 Å². The van der Waals surface area contributed by atoms with E-state index in [-0.39, 0.29) is 5.91 Å². The maximum absolute atomic E-state index is 13.4. The Balaban J connectivity index is 1.22. The number of methoxy groups -OCH3 is 1. The van der Waals surface area contributed by atoms with E-state index in [1.807, 2.05) is 35.2 Å². The Bertz CT molecular complexity index is 981. The predicted octanol–water partition coefficient (Wildman–Crippen LogP) is 2.87. The third-order valence-corrected chi connectivity index (χ3v) is 7.17. The van der Waals surface area contributed by atoms with E-state index in [1.54, 1.807) is 7.11 Å². The Labute approximate surface area is 202 Å². The van der Waals surface area contributed by atoms with E-state index < -0.39 is 6.10 Å². The van der Waals surface area contributed by atoms with Gasteiger partial charge < -0.3 is 19.3 Å². The van der Waals surface area contributed by atoms with Crippen LogP contribution in [0.25, 0.3) is 0 Å². The molecule has 0 spiro atoms. The van der Waals surface area contributed by atoms with Gasteiger partial charge in [0.05, 0.1) is 6.54 Å². The van der Waals surface area contributed by atoms with Crippen LogP contribution in [0.15, 0.2) is 48.5 Å². The van der Waals surface area contributed by atoms with Crippen molar-refractivity contribution in [3.8, 4) is 5.75 Å². The quantitative estimate of drug-likeness (QED) is 0.626. The number of amides is 1. The number of ether oxygens (including phenoxy) is 2. The Morgan fingerprint density at radius 2 is 2.03 bits per heavy atom. The summed E-state index contributed by atoms with van der Waals surface area (Å²) in [6.45, 7) is 3.40. The van der Waals surface area contributed by atoms with Crippen molar-refractivity contribution in [2.75, 3.05) is 33.9 Å². The van der Waals surface area contributed by atoms with Crippen molar-refractivity contribution in [2.24, 2.45) is 5.92 Å². The first-order valence-corrected chi connectivity index (χ1v) is 12.4. The van der Waals surface area contributed by atoms with Crippen LogP contribution in [0.3, 0.4) is 0 Å². The molecule has 34 heavy (non-hydrogen) atoms. The van der Waals surface area contributed by atoms with E-state index in [9.17, 15) is 4.79 Å². The summed E-state index contributed by atoms with van der Waals surface area (Å²) in [6, 6.07) is 17.2. The Morgan fingerprint density at radius 3 is 2.79 bits per heavy atom. The molecule has 5 rings (SSSR count). The molecule has 2 aliphatic heterocycles. The zero-order chi connectivity index (χ0) is 23.5. The van der Waals surface area contributed by atoms with Crippen LogP contribution in [0.5, 0.6) is 5.75 Å². The largest absolute Gasteiger partial charge is 0.491 e. The van der Waals surface area contributed by atoms with E-state index in [2.05, 4.69) is 41.0 Å². The summed E-state index contributed by atoms with van der Waals surface area (Å²) < 4.78 is 11.6. The number of hydrogen-bond donors (Lipinski definition) is 2. The van der Waals surface area contributed by atoms with Crippen molar-refractivity contribution in [3.05, 3.63) is 65.2 Å². The van der Waals surface area contributed by atoms with Gasteiger partial charge in [-0.25, -0.2) is 0 Å². The van der Waals surface area contributed by atoms with E-state index in [1.165, 1.54) is 24.8 Å². The minimum Gasteiger partial charge on any atom is -0.491 e. The van der Waals surface area contributed by atoms with Gasteiger partial charge in [0.1, 0.15) is 12.4 Å². The molecule has 1 aliphatic carbocycles. The van der Waals surface area contributed by atoms with Gasteiger partial charge in [-0.2, -0.15) is 0 Å². The molecule has 2 heterocycles. The SMILES string of the molecule is COC(C(=O)N1CCOc2ccc(CN(C)CC3CC(C4CC4)NN3)cc2C1)c1ccccc1. The molecule has 1 saturated carbocycles. The van der Waals surface area contributed by atoms with Crippen LogP contribution in [-0.4, -0.2) is 61.6 Å². The highest BCUT2D eigenvalue weighted by Gasteiger charge is 2.36. The fourth-order valence-electron chi connectivity index (χ4n) is 5.24. The van der Waals surface area contributed by atoms with Gasteiger partial charge >= 0.3 is 0 Å². The van der Waals surface area contributed by atoms with Gasteiger partial charge in [-0.05, 0) is 55.5 Å². The molecule has 0 radical (unpaired) electrons. The lowest BCUT2D eigenvalue weighted by molar-refractivity contribution is -0.143. The molecule has 2 aromatic rings. The van der Waals surface area contributed by atoms with Crippen molar-refractivity contribution in [1.82, 2.24) is 20.7 Å². The van der Waals surface area contributed by atoms with Crippen LogP contribution in [0, 0.1) is 5.92 Å². The molecule has 3 aliphatic rings. The van der Waals surface area contributed by atoms with Gasteiger partial charge in [0.2, 0.25) is 0 Å². The van der Waals surface area contributed by atoms with Gasteiger partial charge in [-0.3, -0.25) is 15.6 Å². The maximum Gasteiger partial charge on any atom is 0.256 e. The number of nitrogens with one attached hydrogen (secondary N) is 2. The molecule has 182 valence electrons. The number of nitrogens with zero attached hydrogens (tertiary/aromatic N) is 2. The molecule has 0 aromatic heterocycles. The smallest absolute Gasteiger partial charge is 0.256 e. The molecule has 2 N–H and O–H groups in total. The fourth-order valence-corrected chi connectivity index (χ4v) is 5.24. The molecule has 1 amide bonds. The summed E-state index contributed by atoms with van der Waals surface area (Å²) in [5.41, 5.74) is 10.1. The van der Waals surface area contributed by atoms with Crippen molar-refractivity contribution in [1.29, 1.82) is 0 Å². The number of hydrazine groups is 1. The van der Waals surface area contributed by atoms with E-state index in [0.29, 0.717) is 31.8 Å². The summed E-state index contributed by atoms with van der Waals surface area (Å²) in [6.07, 6.45) is 3.33. The monoisotopic (exact) mass is 464 g/mol. The lowest BCUT2D eigenvalue weighted by atomic mass is 10.1. The summed E-state index contributed by atoms with van der Waals surface area (Å²) in [7, 11) is 3.76. The summed E-state index contributed by atoms with van der Waals surface area (Å²) >= 11 is 0. The number of carbonyl (C=O) groups excluding carboxylic acids is 1. The second-order valence-corrected chi connectivity index (χ2v) is 9.94. The van der Waals surface area contributed by atoms with Crippen molar-refractivity contribution in [2.45, 2.75) is 50.5 Å². The summed E-state index contributed by atoms with van der Waals surface area (Å²) in [5.74, 6) is 1.71. The summed E-state index contributed by atoms with van der Waals surface area (Å²) in [4.78, 5) is 17.6. The zero-order valence-corrected chi connectivity index (χ0v) is 20.2. The normalized spacial score (nSPS) is 23.3. The molecule has 0 bridgehead atoms. The van der Waals surface area contributed by atoms with Crippen LogP contribution in [-0.2, 0) is 22.6 Å².